The number of fused-ring (bicyclic) bond motifs is 1. The summed E-state index contributed by atoms with van der Waals surface area (Å²) in [6.45, 7) is 0.516. The molecule has 2 aromatic rings. The average Bonchev–Trinajstić information content (AvgIpc) is 3.06. The van der Waals surface area contributed by atoms with Crippen LogP contribution in [0.15, 0.2) is 36.4 Å². The maximum Gasteiger partial charge on any atom is 0.258 e. The molecule has 2 amide bonds. The quantitative estimate of drug-likeness (QED) is 0.638. The summed E-state index contributed by atoms with van der Waals surface area (Å²) in [5.74, 6) is -0.730. The summed E-state index contributed by atoms with van der Waals surface area (Å²) in [5.41, 5.74) is 2.10. The molecule has 0 saturated heterocycles. The van der Waals surface area contributed by atoms with Crippen molar-refractivity contribution in [2.45, 2.75) is 30.3 Å². The predicted octanol–water partition coefficient (Wildman–Crippen LogP) is 2.90. The molecule has 3 fully saturated rings. The van der Waals surface area contributed by atoms with Crippen molar-refractivity contribution in [2.75, 3.05) is 30.5 Å². The van der Waals surface area contributed by atoms with Gasteiger partial charge < -0.3 is 25.6 Å². The van der Waals surface area contributed by atoms with Crippen LogP contribution in [0.25, 0.3) is 0 Å². The van der Waals surface area contributed by atoms with Gasteiger partial charge in [0.2, 0.25) is 0 Å². The topological polar surface area (TPSA) is 82.7 Å². The van der Waals surface area contributed by atoms with Crippen molar-refractivity contribution in [1.82, 2.24) is 10.6 Å². The Kier molecular flexibility index (Phi) is 4.51. The number of nitrogens with one attached hydrogen (secondary N) is 3. The Morgan fingerprint density at radius 3 is 2.65 bits per heavy atom. The van der Waals surface area contributed by atoms with Crippen LogP contribution < -0.4 is 25.6 Å². The Hall–Kier alpha value is -3.00. The summed E-state index contributed by atoms with van der Waals surface area (Å²) in [6, 6.07) is 9.68. The number of hydrogen-bond acceptors (Lipinski definition) is 5. The van der Waals surface area contributed by atoms with Gasteiger partial charge in [-0.2, -0.15) is 0 Å². The lowest BCUT2D eigenvalue weighted by Crippen LogP contribution is -2.84. The van der Waals surface area contributed by atoms with E-state index in [1.165, 1.54) is 12.1 Å². The molecule has 1 heterocycles. The van der Waals surface area contributed by atoms with Crippen molar-refractivity contribution in [3.8, 4) is 5.75 Å². The molecule has 4 aliphatic rings. The summed E-state index contributed by atoms with van der Waals surface area (Å²) in [6.07, 6.45) is 2.08. The van der Waals surface area contributed by atoms with Crippen LogP contribution >= 0.6 is 11.6 Å². The van der Waals surface area contributed by atoms with Gasteiger partial charge in [0.15, 0.2) is 6.61 Å². The number of halogens is 2. The van der Waals surface area contributed by atoms with Gasteiger partial charge in [-0.3, -0.25) is 9.59 Å². The number of amides is 2. The molecular formula is C22H22ClFN4O3. The minimum Gasteiger partial charge on any atom is -0.484 e. The fourth-order valence-electron chi connectivity index (χ4n) is 4.85. The van der Waals surface area contributed by atoms with Gasteiger partial charge in [0, 0.05) is 29.8 Å². The van der Waals surface area contributed by atoms with Crippen LogP contribution in [0.2, 0.25) is 5.02 Å². The molecule has 0 spiro atoms. The molecule has 0 radical (unpaired) electrons. The van der Waals surface area contributed by atoms with E-state index in [4.69, 9.17) is 16.3 Å². The van der Waals surface area contributed by atoms with E-state index in [9.17, 15) is 14.0 Å². The van der Waals surface area contributed by atoms with Crippen molar-refractivity contribution in [3.05, 3.63) is 52.8 Å². The highest BCUT2D eigenvalue weighted by Gasteiger charge is 2.69. The largest absolute Gasteiger partial charge is 0.484 e. The number of carbonyl (C=O) groups excluding carboxylic acids is 2. The standard InChI is InChI=1S/C22H22ClFN4O3/c1-28-12-25-17-6-13(2-5-18(17)28)20(30)27-22-9-21(10-22,11-22)26-19(29)8-31-14-3-4-15(23)16(24)7-14/h2-7,25H,8-12H2,1H3,(H,26,29)(H,27,30). The minimum absolute atomic E-state index is 0.00139. The fourth-order valence-corrected chi connectivity index (χ4v) is 4.97. The van der Waals surface area contributed by atoms with Crippen molar-refractivity contribution in [2.24, 2.45) is 0 Å². The first kappa shape index (κ1) is 19.9. The Morgan fingerprint density at radius 2 is 1.90 bits per heavy atom. The molecule has 1 aliphatic heterocycles. The molecule has 31 heavy (non-hydrogen) atoms. The van der Waals surface area contributed by atoms with Crippen LogP contribution in [0, 0.1) is 5.82 Å². The van der Waals surface area contributed by atoms with Gasteiger partial charge in [-0.15, -0.1) is 0 Å². The van der Waals surface area contributed by atoms with Gasteiger partial charge in [0.1, 0.15) is 11.6 Å². The lowest BCUT2D eigenvalue weighted by Gasteiger charge is -2.70. The molecule has 2 aromatic carbocycles. The van der Waals surface area contributed by atoms with E-state index in [0.717, 1.165) is 24.1 Å². The number of anilines is 2. The molecule has 162 valence electrons. The predicted molar refractivity (Wildman–Crippen MR) is 115 cm³/mol. The van der Waals surface area contributed by atoms with Crippen LogP contribution in [-0.4, -0.2) is 43.2 Å². The molecular weight excluding hydrogens is 423 g/mol. The van der Waals surface area contributed by atoms with Gasteiger partial charge in [-0.05, 0) is 49.6 Å². The lowest BCUT2D eigenvalue weighted by atomic mass is 9.44. The number of carbonyl (C=O) groups is 2. The van der Waals surface area contributed by atoms with E-state index in [-0.39, 0.29) is 40.3 Å². The SMILES string of the molecule is CN1CNc2cc(C(=O)NC34CC(NC(=O)COc5ccc(Cl)c(F)c5)(C3)C4)ccc21. The van der Waals surface area contributed by atoms with E-state index in [1.807, 2.05) is 25.2 Å². The first-order valence-corrected chi connectivity index (χ1v) is 10.4. The number of benzene rings is 2. The number of hydrogen-bond donors (Lipinski definition) is 3. The summed E-state index contributed by atoms with van der Waals surface area (Å²) in [5, 5.41) is 9.37. The van der Waals surface area contributed by atoms with Gasteiger partial charge in [0.25, 0.3) is 11.8 Å². The normalized spacial score (nSPS) is 24.9. The fraction of sp³-hybridized carbons (Fsp3) is 0.364. The van der Waals surface area contributed by atoms with E-state index < -0.39 is 5.82 Å². The zero-order valence-corrected chi connectivity index (χ0v) is 17.7. The van der Waals surface area contributed by atoms with Crippen molar-refractivity contribution < 1.29 is 18.7 Å². The maximum absolute atomic E-state index is 13.4. The van der Waals surface area contributed by atoms with Crippen molar-refractivity contribution >= 4 is 34.8 Å². The first-order chi connectivity index (χ1) is 14.8. The van der Waals surface area contributed by atoms with E-state index in [0.29, 0.717) is 24.8 Å². The van der Waals surface area contributed by atoms with Crippen molar-refractivity contribution in [1.29, 1.82) is 0 Å². The van der Waals surface area contributed by atoms with Crippen LogP contribution in [0.4, 0.5) is 15.8 Å². The summed E-state index contributed by atoms with van der Waals surface area (Å²) in [4.78, 5) is 27.0. The highest BCUT2D eigenvalue weighted by molar-refractivity contribution is 6.30. The number of nitrogens with zero attached hydrogens (tertiary/aromatic N) is 1. The highest BCUT2D eigenvalue weighted by atomic mass is 35.5. The monoisotopic (exact) mass is 444 g/mol. The van der Waals surface area contributed by atoms with Crippen molar-refractivity contribution in [3.63, 3.8) is 0 Å². The smallest absolute Gasteiger partial charge is 0.258 e. The number of ether oxygens (including phenoxy) is 1. The second kappa shape index (κ2) is 7.02. The molecule has 6 rings (SSSR count). The molecule has 0 atom stereocenters. The third-order valence-corrected chi connectivity index (χ3v) is 6.56. The first-order valence-electron chi connectivity index (χ1n) is 10.1. The molecule has 2 bridgehead atoms. The van der Waals surface area contributed by atoms with Gasteiger partial charge in [-0.1, -0.05) is 11.6 Å². The molecule has 3 saturated carbocycles. The molecule has 3 N–H and O–H groups in total. The Bertz CT molecular complexity index is 1070. The Labute approximate surface area is 183 Å². The maximum atomic E-state index is 13.4. The summed E-state index contributed by atoms with van der Waals surface area (Å²) in [7, 11) is 1.99. The van der Waals surface area contributed by atoms with Gasteiger partial charge >= 0.3 is 0 Å². The summed E-state index contributed by atoms with van der Waals surface area (Å²) < 4.78 is 18.8. The molecule has 7 nitrogen and oxygen atoms in total. The van der Waals surface area contributed by atoms with E-state index in [2.05, 4.69) is 20.9 Å². The highest BCUT2D eigenvalue weighted by Crippen LogP contribution is 2.60. The molecule has 9 heteroatoms. The van der Waals surface area contributed by atoms with Crippen LogP contribution in [0.3, 0.4) is 0 Å². The third-order valence-electron chi connectivity index (χ3n) is 6.25. The second-order valence-electron chi connectivity index (χ2n) is 8.72. The Balaban J connectivity index is 1.11. The Morgan fingerprint density at radius 1 is 1.16 bits per heavy atom. The molecule has 3 aliphatic carbocycles. The number of rotatable bonds is 6. The van der Waals surface area contributed by atoms with E-state index in [1.54, 1.807) is 0 Å². The zero-order valence-electron chi connectivity index (χ0n) is 16.9. The van der Waals surface area contributed by atoms with Crippen LogP contribution in [0.1, 0.15) is 29.6 Å². The van der Waals surface area contributed by atoms with Gasteiger partial charge in [0.05, 0.1) is 23.1 Å². The minimum atomic E-state index is -0.595. The van der Waals surface area contributed by atoms with E-state index >= 15 is 0 Å². The lowest BCUT2D eigenvalue weighted by molar-refractivity contribution is -0.141. The zero-order chi connectivity index (χ0) is 21.8. The molecule has 0 aromatic heterocycles. The van der Waals surface area contributed by atoms with Crippen LogP contribution in [-0.2, 0) is 4.79 Å². The molecule has 0 unspecified atom stereocenters. The average molecular weight is 445 g/mol. The summed E-state index contributed by atoms with van der Waals surface area (Å²) >= 11 is 5.64. The van der Waals surface area contributed by atoms with Crippen LogP contribution in [0.5, 0.6) is 5.75 Å². The van der Waals surface area contributed by atoms with Gasteiger partial charge in [-0.25, -0.2) is 4.39 Å². The second-order valence-corrected chi connectivity index (χ2v) is 9.13. The third kappa shape index (κ3) is 3.54.